The molecule has 0 N–H and O–H groups in total. The maximum atomic E-state index is 8.51. The Labute approximate surface area is 153 Å². The average Bonchev–Trinajstić information content (AvgIpc) is 2.67. The summed E-state index contributed by atoms with van der Waals surface area (Å²) < 4.78 is 0. The van der Waals surface area contributed by atoms with E-state index in [-0.39, 0.29) is 0 Å². The summed E-state index contributed by atoms with van der Waals surface area (Å²) in [5.41, 5.74) is 2.93. The highest BCUT2D eigenvalue weighted by Crippen LogP contribution is 2.44. The number of rotatable bonds is 4. The molecule has 0 heterocycles. The summed E-state index contributed by atoms with van der Waals surface area (Å²) in [6.07, 6.45) is 18.8. The van der Waals surface area contributed by atoms with E-state index in [0.717, 1.165) is 23.7 Å². The number of benzene rings is 1. The lowest BCUT2D eigenvalue weighted by molar-refractivity contribution is 0.171. The van der Waals surface area contributed by atoms with Gasteiger partial charge in [0.25, 0.3) is 0 Å². The predicted octanol–water partition coefficient (Wildman–Crippen LogP) is 6.71. The van der Waals surface area contributed by atoms with E-state index in [4.69, 9.17) is 5.26 Å². The van der Waals surface area contributed by atoms with Gasteiger partial charge in [-0.3, -0.25) is 0 Å². The molecule has 2 aliphatic rings. The van der Waals surface area contributed by atoms with Gasteiger partial charge < -0.3 is 0 Å². The first-order chi connectivity index (χ1) is 12.3. The van der Waals surface area contributed by atoms with Gasteiger partial charge in [0.2, 0.25) is 0 Å². The second-order valence-corrected chi connectivity index (χ2v) is 8.07. The molecule has 132 valence electrons. The van der Waals surface area contributed by atoms with Gasteiger partial charge in [0.15, 0.2) is 0 Å². The highest BCUT2D eigenvalue weighted by atomic mass is 14.4. The molecule has 2 aliphatic carbocycles. The third-order valence-electron chi connectivity index (χ3n) is 6.47. The Bertz CT molecular complexity index is 615. The second kappa shape index (κ2) is 9.04. The van der Waals surface area contributed by atoms with Gasteiger partial charge in [-0.25, -0.2) is 0 Å². The Morgan fingerprint density at radius 2 is 1.44 bits per heavy atom. The van der Waals surface area contributed by atoms with E-state index < -0.39 is 0 Å². The van der Waals surface area contributed by atoms with Crippen molar-refractivity contribution in [3.05, 3.63) is 59.7 Å². The van der Waals surface area contributed by atoms with Gasteiger partial charge >= 0.3 is 0 Å². The molecular formula is C24H31N. The van der Waals surface area contributed by atoms with Gasteiger partial charge in [-0.1, -0.05) is 48.1 Å². The first-order valence-electron chi connectivity index (χ1n) is 10.1. The molecular weight excluding hydrogens is 302 g/mol. The van der Waals surface area contributed by atoms with Gasteiger partial charge in [0.05, 0.1) is 6.07 Å². The lowest BCUT2D eigenvalue weighted by atomic mass is 9.68. The number of allylic oxidation sites excluding steroid dienone is 4. The second-order valence-electron chi connectivity index (χ2n) is 8.07. The van der Waals surface area contributed by atoms with E-state index in [1.54, 1.807) is 11.6 Å². The summed E-state index contributed by atoms with van der Waals surface area (Å²) in [6, 6.07) is 11.3. The summed E-state index contributed by atoms with van der Waals surface area (Å²) in [4.78, 5) is 0. The predicted molar refractivity (Wildman–Crippen MR) is 105 cm³/mol. The van der Waals surface area contributed by atoms with Crippen molar-refractivity contribution in [3.8, 4) is 6.07 Å². The molecule has 1 nitrogen and oxygen atoms in total. The summed E-state index contributed by atoms with van der Waals surface area (Å²) in [7, 11) is 0. The molecule has 0 aromatic heterocycles. The SMILES string of the molecule is Cc1ccc([C@H]2CC[C@H]([C@H]3CC[C@H](C=CC=CC#N)CC3)CC2)cc1. The third-order valence-corrected chi connectivity index (χ3v) is 6.47. The molecule has 0 aliphatic heterocycles. The zero-order valence-corrected chi connectivity index (χ0v) is 15.5. The number of hydrogen-bond donors (Lipinski definition) is 0. The van der Waals surface area contributed by atoms with Crippen LogP contribution < -0.4 is 0 Å². The Kier molecular flexibility index (Phi) is 6.51. The van der Waals surface area contributed by atoms with Crippen LogP contribution in [0.5, 0.6) is 0 Å². The van der Waals surface area contributed by atoms with Gasteiger partial charge in [-0.15, -0.1) is 0 Å². The zero-order valence-electron chi connectivity index (χ0n) is 15.5. The van der Waals surface area contributed by atoms with Crippen LogP contribution in [0.15, 0.2) is 48.6 Å². The first kappa shape index (κ1) is 18.0. The smallest absolute Gasteiger partial charge is 0.0912 e. The molecule has 0 amide bonds. The largest absolute Gasteiger partial charge is 0.193 e. The highest BCUT2D eigenvalue weighted by molar-refractivity contribution is 5.24. The van der Waals surface area contributed by atoms with E-state index in [0.29, 0.717) is 0 Å². The lowest BCUT2D eigenvalue weighted by Crippen LogP contribution is -2.25. The Balaban J connectivity index is 1.43. The van der Waals surface area contributed by atoms with Gasteiger partial charge in [-0.05, 0) is 87.5 Å². The van der Waals surface area contributed by atoms with Crippen molar-refractivity contribution in [1.82, 2.24) is 0 Å². The molecule has 3 rings (SSSR count). The minimum absolute atomic E-state index is 0.725. The van der Waals surface area contributed by atoms with Crippen molar-refractivity contribution in [3.63, 3.8) is 0 Å². The van der Waals surface area contributed by atoms with Gasteiger partial charge in [0, 0.05) is 6.08 Å². The standard InChI is InChI=1S/C24H31N/c1-19-6-10-21(11-7-19)23-14-16-24(17-15-23)22-12-8-20(9-13-22)5-3-2-4-18-25/h2-7,10-11,20,22-24H,8-9,12-17H2,1H3/t20-,22-,23-,24-. The quantitative estimate of drug-likeness (QED) is 0.443. The van der Waals surface area contributed by atoms with Crippen LogP contribution in [0.25, 0.3) is 0 Å². The molecule has 1 heteroatoms. The molecule has 0 saturated heterocycles. The van der Waals surface area contributed by atoms with Crippen molar-refractivity contribution < 1.29 is 0 Å². The third kappa shape index (κ3) is 5.08. The Hall–Kier alpha value is -1.81. The molecule has 25 heavy (non-hydrogen) atoms. The molecule has 0 radical (unpaired) electrons. The van der Waals surface area contributed by atoms with Crippen LogP contribution >= 0.6 is 0 Å². The van der Waals surface area contributed by atoms with Crippen LogP contribution in [-0.4, -0.2) is 0 Å². The first-order valence-corrected chi connectivity index (χ1v) is 10.1. The van der Waals surface area contributed by atoms with Crippen LogP contribution in [0.4, 0.5) is 0 Å². The van der Waals surface area contributed by atoms with Gasteiger partial charge in [-0.2, -0.15) is 5.26 Å². The topological polar surface area (TPSA) is 23.8 Å². The minimum atomic E-state index is 0.725. The van der Waals surface area contributed by atoms with Crippen LogP contribution in [0.1, 0.15) is 68.4 Å². The fourth-order valence-corrected chi connectivity index (χ4v) is 4.89. The summed E-state index contributed by atoms with van der Waals surface area (Å²) in [5.74, 6) is 3.44. The molecule has 2 fully saturated rings. The van der Waals surface area contributed by atoms with Crippen molar-refractivity contribution >= 4 is 0 Å². The van der Waals surface area contributed by atoms with Crippen molar-refractivity contribution in [2.75, 3.05) is 0 Å². The normalized spacial score (nSPS) is 30.6. The van der Waals surface area contributed by atoms with Crippen molar-refractivity contribution in [1.29, 1.82) is 5.26 Å². The average molecular weight is 334 g/mol. The van der Waals surface area contributed by atoms with Crippen LogP contribution in [0.2, 0.25) is 0 Å². The van der Waals surface area contributed by atoms with Gasteiger partial charge in [0.1, 0.15) is 0 Å². The van der Waals surface area contributed by atoms with E-state index in [1.807, 2.05) is 12.1 Å². The van der Waals surface area contributed by atoms with Crippen molar-refractivity contribution in [2.24, 2.45) is 17.8 Å². The Morgan fingerprint density at radius 3 is 2.04 bits per heavy atom. The number of aryl methyl sites for hydroxylation is 1. The fraction of sp³-hybridized carbons (Fsp3) is 0.542. The van der Waals surface area contributed by atoms with Crippen LogP contribution in [0.3, 0.4) is 0 Å². The van der Waals surface area contributed by atoms with E-state index in [1.165, 1.54) is 56.9 Å². The number of nitriles is 1. The molecule has 2 saturated carbocycles. The maximum Gasteiger partial charge on any atom is 0.0912 e. The van der Waals surface area contributed by atoms with E-state index in [9.17, 15) is 0 Å². The summed E-state index contributed by atoms with van der Waals surface area (Å²) in [5, 5.41) is 8.51. The lowest BCUT2D eigenvalue weighted by Gasteiger charge is -2.37. The van der Waals surface area contributed by atoms with Crippen LogP contribution in [-0.2, 0) is 0 Å². The summed E-state index contributed by atoms with van der Waals surface area (Å²) in [6.45, 7) is 2.17. The highest BCUT2D eigenvalue weighted by Gasteiger charge is 2.30. The molecule has 0 atom stereocenters. The minimum Gasteiger partial charge on any atom is -0.193 e. The molecule has 0 spiro atoms. The monoisotopic (exact) mass is 333 g/mol. The summed E-state index contributed by atoms with van der Waals surface area (Å²) >= 11 is 0. The molecule has 1 aromatic carbocycles. The van der Waals surface area contributed by atoms with E-state index in [2.05, 4.69) is 43.3 Å². The van der Waals surface area contributed by atoms with E-state index >= 15 is 0 Å². The fourth-order valence-electron chi connectivity index (χ4n) is 4.89. The molecule has 0 unspecified atom stereocenters. The van der Waals surface area contributed by atoms with Crippen LogP contribution in [0, 0.1) is 36.0 Å². The Morgan fingerprint density at radius 1 is 0.840 bits per heavy atom. The maximum absolute atomic E-state index is 8.51. The zero-order chi connectivity index (χ0) is 17.5. The molecule has 1 aromatic rings. The number of hydrogen-bond acceptors (Lipinski definition) is 1. The number of nitrogens with zero attached hydrogens (tertiary/aromatic N) is 1. The van der Waals surface area contributed by atoms with Crippen molar-refractivity contribution in [2.45, 2.75) is 64.2 Å². The molecule has 0 bridgehead atoms.